The van der Waals surface area contributed by atoms with Gasteiger partial charge in [-0.1, -0.05) is 30.0 Å². The number of rotatable bonds is 4. The van der Waals surface area contributed by atoms with Gasteiger partial charge in [-0.05, 0) is 29.8 Å². The van der Waals surface area contributed by atoms with Crippen LogP contribution in [-0.4, -0.2) is 19.4 Å². The molecule has 0 spiro atoms. The van der Waals surface area contributed by atoms with Gasteiger partial charge in [-0.25, -0.2) is 8.42 Å². The Bertz CT molecular complexity index is 1040. The molecule has 0 bridgehead atoms. The highest BCUT2D eigenvalue weighted by atomic mass is 32.2. The molecular weight excluding hydrogens is 332 g/mol. The highest BCUT2D eigenvalue weighted by molar-refractivity contribution is 7.93. The Hall–Kier alpha value is -3.13. The summed E-state index contributed by atoms with van der Waals surface area (Å²) in [7, 11) is -4.00. The maximum absolute atomic E-state index is 12.6. The van der Waals surface area contributed by atoms with Gasteiger partial charge in [0.15, 0.2) is 0 Å². The molecular formula is C16H10N2O5S-2. The second-order valence-corrected chi connectivity index (χ2v) is 6.59. The van der Waals surface area contributed by atoms with Crippen molar-refractivity contribution < 1.29 is 23.4 Å². The second-order valence-electron chi connectivity index (χ2n) is 4.94. The van der Waals surface area contributed by atoms with E-state index in [0.717, 1.165) is 12.1 Å². The molecule has 7 nitrogen and oxygen atoms in total. The predicted molar refractivity (Wildman–Crippen MR) is 82.8 cm³/mol. The van der Waals surface area contributed by atoms with E-state index in [2.05, 4.69) is 9.71 Å². The lowest BCUT2D eigenvalue weighted by Gasteiger charge is -2.17. The summed E-state index contributed by atoms with van der Waals surface area (Å²) >= 11 is 0. The van der Waals surface area contributed by atoms with Crippen molar-refractivity contribution in [2.24, 2.45) is 0 Å². The number of nitrogens with one attached hydrogen (secondary N) is 1. The number of hydrogen-bond donors (Lipinski definition) is 1. The highest BCUT2D eigenvalue weighted by Gasteiger charge is 2.18. The Morgan fingerprint density at radius 2 is 1.83 bits per heavy atom. The number of nitrogens with zero attached hydrogens (tertiary/aromatic N) is 1. The van der Waals surface area contributed by atoms with Gasteiger partial charge >= 0.3 is 0 Å². The molecule has 0 atom stereocenters. The van der Waals surface area contributed by atoms with Crippen molar-refractivity contribution >= 4 is 32.6 Å². The molecule has 0 fully saturated rings. The number of para-hydroxylation sites is 1. The SMILES string of the molecule is O=C([O-])c1ccc(NS(=O)(=O)c2cccc3cccnc23)cc1[O-]. The molecule has 3 rings (SSSR count). The van der Waals surface area contributed by atoms with Crippen molar-refractivity contribution in [3.63, 3.8) is 0 Å². The first-order valence-electron chi connectivity index (χ1n) is 6.77. The van der Waals surface area contributed by atoms with E-state index in [1.807, 2.05) is 0 Å². The molecule has 2 aromatic carbocycles. The van der Waals surface area contributed by atoms with Crippen LogP contribution < -0.4 is 14.9 Å². The average Bonchev–Trinajstić information content (AvgIpc) is 2.53. The molecule has 0 aliphatic carbocycles. The minimum atomic E-state index is -4.00. The molecule has 0 amide bonds. The fourth-order valence-electron chi connectivity index (χ4n) is 2.26. The smallest absolute Gasteiger partial charge is 0.264 e. The third kappa shape index (κ3) is 2.86. The molecule has 24 heavy (non-hydrogen) atoms. The van der Waals surface area contributed by atoms with Crippen molar-refractivity contribution in [1.82, 2.24) is 4.98 Å². The van der Waals surface area contributed by atoms with Crippen LogP contribution in [0, 0.1) is 0 Å². The summed E-state index contributed by atoms with van der Waals surface area (Å²) in [6.45, 7) is 0. The number of aromatic nitrogens is 1. The quantitative estimate of drug-likeness (QED) is 0.735. The van der Waals surface area contributed by atoms with Gasteiger partial charge in [-0.2, -0.15) is 0 Å². The van der Waals surface area contributed by atoms with E-state index in [4.69, 9.17) is 0 Å². The number of carbonyl (C=O) groups excluding carboxylic acids is 1. The lowest BCUT2D eigenvalue weighted by Crippen LogP contribution is -2.23. The van der Waals surface area contributed by atoms with Gasteiger partial charge in [0, 0.05) is 17.3 Å². The van der Waals surface area contributed by atoms with Gasteiger partial charge < -0.3 is 15.0 Å². The normalized spacial score (nSPS) is 11.3. The number of carbonyl (C=O) groups is 1. The molecule has 1 heterocycles. The van der Waals surface area contributed by atoms with Crippen molar-refractivity contribution in [3.8, 4) is 5.75 Å². The monoisotopic (exact) mass is 342 g/mol. The van der Waals surface area contributed by atoms with E-state index in [0.29, 0.717) is 10.9 Å². The number of aromatic carboxylic acids is 1. The van der Waals surface area contributed by atoms with Crippen LogP contribution in [0.1, 0.15) is 10.4 Å². The van der Waals surface area contributed by atoms with Gasteiger partial charge in [0.25, 0.3) is 10.0 Å². The molecule has 0 aliphatic heterocycles. The number of pyridine rings is 1. The molecule has 0 saturated carbocycles. The first-order valence-corrected chi connectivity index (χ1v) is 8.26. The zero-order chi connectivity index (χ0) is 17.3. The van der Waals surface area contributed by atoms with E-state index in [-0.39, 0.29) is 10.6 Å². The second kappa shape index (κ2) is 5.82. The Labute approximate surface area is 137 Å². The summed E-state index contributed by atoms with van der Waals surface area (Å²) < 4.78 is 27.4. The summed E-state index contributed by atoms with van der Waals surface area (Å²) in [6, 6.07) is 11.2. The van der Waals surface area contributed by atoms with Crippen molar-refractivity contribution in [2.75, 3.05) is 4.72 Å². The highest BCUT2D eigenvalue weighted by Crippen LogP contribution is 2.25. The van der Waals surface area contributed by atoms with Crippen LogP contribution in [0.4, 0.5) is 5.69 Å². The van der Waals surface area contributed by atoms with Gasteiger partial charge in [-0.15, -0.1) is 0 Å². The van der Waals surface area contributed by atoms with Crippen molar-refractivity contribution in [2.45, 2.75) is 4.90 Å². The summed E-state index contributed by atoms with van der Waals surface area (Å²) in [4.78, 5) is 14.8. The van der Waals surface area contributed by atoms with Crippen molar-refractivity contribution in [3.05, 3.63) is 60.3 Å². The van der Waals surface area contributed by atoms with Crippen LogP contribution in [0.3, 0.4) is 0 Å². The number of carboxylic acids is 1. The molecule has 0 saturated heterocycles. The molecule has 8 heteroatoms. The van der Waals surface area contributed by atoms with Gasteiger partial charge in [0.05, 0.1) is 11.5 Å². The summed E-state index contributed by atoms with van der Waals surface area (Å²) in [5, 5.41) is 23.0. The summed E-state index contributed by atoms with van der Waals surface area (Å²) in [5.41, 5.74) is -0.288. The fraction of sp³-hybridized carbons (Fsp3) is 0. The Morgan fingerprint density at radius 3 is 2.54 bits per heavy atom. The number of carboxylic acid groups (broad SMARTS) is 1. The molecule has 0 radical (unpaired) electrons. The fourth-order valence-corrected chi connectivity index (χ4v) is 3.49. The zero-order valence-corrected chi connectivity index (χ0v) is 12.9. The predicted octanol–water partition coefficient (Wildman–Crippen LogP) is 0.473. The maximum Gasteiger partial charge on any atom is 0.264 e. The molecule has 3 aromatic rings. The Kier molecular flexibility index (Phi) is 3.82. The van der Waals surface area contributed by atoms with E-state index in [9.17, 15) is 23.4 Å². The molecule has 1 N–H and O–H groups in total. The largest absolute Gasteiger partial charge is 0.872 e. The minimum absolute atomic E-state index is 0.0436. The van der Waals surface area contributed by atoms with Crippen LogP contribution in [0.5, 0.6) is 5.75 Å². The summed E-state index contributed by atoms with van der Waals surface area (Å²) in [5.74, 6) is -2.46. The molecule has 1 aromatic heterocycles. The molecule has 0 aliphatic rings. The lowest BCUT2D eigenvalue weighted by atomic mass is 10.2. The molecule has 0 unspecified atom stereocenters. The van der Waals surface area contributed by atoms with Crippen LogP contribution >= 0.6 is 0 Å². The standard InChI is InChI=1S/C16H12N2O5S/c19-13-9-11(6-7-12(13)16(20)21)18-24(22,23)14-5-1-3-10-4-2-8-17-15(10)14/h1-9,18-19H,(H,20,21)/p-2. The van der Waals surface area contributed by atoms with Crippen molar-refractivity contribution in [1.29, 1.82) is 0 Å². The molecule has 122 valence electrons. The number of fused-ring (bicyclic) bond motifs is 1. The van der Waals surface area contributed by atoms with Gasteiger partial charge in [-0.3, -0.25) is 9.71 Å². The van der Waals surface area contributed by atoms with Crippen LogP contribution in [0.15, 0.2) is 59.6 Å². The number of benzene rings is 2. The number of sulfonamides is 1. The van der Waals surface area contributed by atoms with E-state index in [1.165, 1.54) is 18.3 Å². The third-order valence-electron chi connectivity index (χ3n) is 3.34. The van der Waals surface area contributed by atoms with E-state index < -0.39 is 27.3 Å². The number of anilines is 1. The van der Waals surface area contributed by atoms with Crippen LogP contribution in [0.25, 0.3) is 10.9 Å². The van der Waals surface area contributed by atoms with E-state index in [1.54, 1.807) is 24.3 Å². The Morgan fingerprint density at radius 1 is 1.08 bits per heavy atom. The third-order valence-corrected chi connectivity index (χ3v) is 4.75. The van der Waals surface area contributed by atoms with Gasteiger partial charge in [0.1, 0.15) is 4.90 Å². The maximum atomic E-state index is 12.6. The zero-order valence-electron chi connectivity index (χ0n) is 12.1. The number of hydrogen-bond acceptors (Lipinski definition) is 6. The van der Waals surface area contributed by atoms with Gasteiger partial charge in [0.2, 0.25) is 0 Å². The first kappa shape index (κ1) is 15.8. The van der Waals surface area contributed by atoms with E-state index >= 15 is 0 Å². The minimum Gasteiger partial charge on any atom is -0.872 e. The lowest BCUT2D eigenvalue weighted by molar-refractivity contribution is -0.275. The Balaban J connectivity index is 2.02. The summed E-state index contributed by atoms with van der Waals surface area (Å²) in [6.07, 6.45) is 1.48. The first-order chi connectivity index (χ1) is 11.4. The topological polar surface area (TPSA) is 122 Å². The van der Waals surface area contributed by atoms with Crippen LogP contribution in [0.2, 0.25) is 0 Å². The average molecular weight is 342 g/mol. The van der Waals surface area contributed by atoms with Crippen LogP contribution in [-0.2, 0) is 10.0 Å².